The fourth-order valence-corrected chi connectivity index (χ4v) is 2.27. The lowest BCUT2D eigenvalue weighted by atomic mass is 9.98. The Hall–Kier alpha value is -0.740. The van der Waals surface area contributed by atoms with Gasteiger partial charge in [-0.3, -0.25) is 0 Å². The van der Waals surface area contributed by atoms with Crippen LogP contribution in [0.1, 0.15) is 24.0 Å². The standard InChI is InChI=1S/C11H14BrNO2/c1-6-7(12)5-8(15-2)10(14)9(6)11(13)3-4-11/h5,14H,3-4,13H2,1-2H3. The van der Waals surface area contributed by atoms with E-state index in [0.29, 0.717) is 5.75 Å². The fourth-order valence-electron chi connectivity index (χ4n) is 1.86. The highest BCUT2D eigenvalue weighted by atomic mass is 79.9. The van der Waals surface area contributed by atoms with Crippen LogP contribution >= 0.6 is 15.9 Å². The second kappa shape index (κ2) is 3.39. The molecular formula is C11H14BrNO2. The molecule has 82 valence electrons. The Morgan fingerprint density at radius 1 is 1.53 bits per heavy atom. The van der Waals surface area contributed by atoms with Crippen LogP contribution in [0.4, 0.5) is 0 Å². The quantitative estimate of drug-likeness (QED) is 0.869. The number of methoxy groups -OCH3 is 1. The van der Waals surface area contributed by atoms with Crippen molar-refractivity contribution in [1.82, 2.24) is 0 Å². The zero-order valence-electron chi connectivity index (χ0n) is 8.80. The maximum absolute atomic E-state index is 10.0. The Morgan fingerprint density at radius 3 is 2.60 bits per heavy atom. The van der Waals surface area contributed by atoms with Gasteiger partial charge in [0.25, 0.3) is 0 Å². The third kappa shape index (κ3) is 1.62. The molecule has 1 saturated carbocycles. The van der Waals surface area contributed by atoms with Crippen molar-refractivity contribution in [3.63, 3.8) is 0 Å². The maximum Gasteiger partial charge on any atom is 0.163 e. The molecule has 0 saturated heterocycles. The van der Waals surface area contributed by atoms with Crippen LogP contribution in [0.5, 0.6) is 11.5 Å². The molecule has 1 aliphatic carbocycles. The van der Waals surface area contributed by atoms with Crippen LogP contribution in [0.25, 0.3) is 0 Å². The number of phenols is 1. The van der Waals surface area contributed by atoms with E-state index in [1.807, 2.05) is 6.92 Å². The van der Waals surface area contributed by atoms with Gasteiger partial charge >= 0.3 is 0 Å². The molecule has 1 aromatic rings. The Balaban J connectivity index is 2.65. The Morgan fingerprint density at radius 2 is 2.13 bits per heavy atom. The van der Waals surface area contributed by atoms with E-state index in [9.17, 15) is 5.11 Å². The van der Waals surface area contributed by atoms with Gasteiger partial charge in [-0.05, 0) is 31.4 Å². The number of hydrogen-bond donors (Lipinski definition) is 2. The molecule has 0 aromatic heterocycles. The highest BCUT2D eigenvalue weighted by molar-refractivity contribution is 9.10. The van der Waals surface area contributed by atoms with Crippen molar-refractivity contribution >= 4 is 15.9 Å². The predicted molar refractivity (Wildman–Crippen MR) is 62.2 cm³/mol. The normalized spacial score (nSPS) is 17.6. The second-order valence-electron chi connectivity index (χ2n) is 4.07. The smallest absolute Gasteiger partial charge is 0.163 e. The Bertz CT molecular complexity index is 414. The number of phenolic OH excluding ortho intramolecular Hbond substituents is 1. The third-order valence-electron chi connectivity index (χ3n) is 2.97. The van der Waals surface area contributed by atoms with Crippen molar-refractivity contribution in [1.29, 1.82) is 0 Å². The third-order valence-corrected chi connectivity index (χ3v) is 3.79. The van der Waals surface area contributed by atoms with Crippen LogP contribution in [0, 0.1) is 6.92 Å². The number of hydrogen-bond acceptors (Lipinski definition) is 3. The summed E-state index contributed by atoms with van der Waals surface area (Å²) in [7, 11) is 1.54. The van der Waals surface area contributed by atoms with Gasteiger partial charge in [-0.1, -0.05) is 15.9 Å². The number of halogens is 1. The number of nitrogens with two attached hydrogens (primary N) is 1. The van der Waals surface area contributed by atoms with E-state index >= 15 is 0 Å². The molecule has 1 aromatic carbocycles. The fraction of sp³-hybridized carbons (Fsp3) is 0.455. The molecule has 3 nitrogen and oxygen atoms in total. The molecule has 15 heavy (non-hydrogen) atoms. The van der Waals surface area contributed by atoms with Crippen LogP contribution < -0.4 is 10.5 Å². The summed E-state index contributed by atoms with van der Waals surface area (Å²) < 4.78 is 6.03. The predicted octanol–water partition coefficient (Wildman–Crippen LogP) is 2.42. The Kier molecular flexibility index (Phi) is 2.43. The molecule has 3 N–H and O–H groups in total. The maximum atomic E-state index is 10.0. The van der Waals surface area contributed by atoms with E-state index in [2.05, 4.69) is 15.9 Å². The van der Waals surface area contributed by atoms with Crippen LogP contribution in [-0.2, 0) is 5.54 Å². The van der Waals surface area contributed by atoms with Gasteiger partial charge in [-0.15, -0.1) is 0 Å². The molecule has 1 aliphatic rings. The molecule has 0 atom stereocenters. The number of aromatic hydroxyl groups is 1. The van der Waals surface area contributed by atoms with Crippen LogP contribution in [0.15, 0.2) is 10.5 Å². The summed E-state index contributed by atoms with van der Waals surface area (Å²) in [6.07, 6.45) is 1.84. The first-order valence-electron chi connectivity index (χ1n) is 4.85. The van der Waals surface area contributed by atoms with Crippen molar-refractivity contribution in [3.8, 4) is 11.5 Å². The molecule has 0 spiro atoms. The molecule has 0 heterocycles. The van der Waals surface area contributed by atoms with E-state index in [1.54, 1.807) is 6.07 Å². The van der Waals surface area contributed by atoms with E-state index in [0.717, 1.165) is 28.4 Å². The van der Waals surface area contributed by atoms with Crippen LogP contribution in [-0.4, -0.2) is 12.2 Å². The minimum absolute atomic E-state index is 0.179. The van der Waals surface area contributed by atoms with Gasteiger partial charge in [0, 0.05) is 15.6 Å². The SMILES string of the molecule is COc1cc(Br)c(C)c(C2(N)CC2)c1O. The molecule has 2 rings (SSSR count). The first kappa shape index (κ1) is 10.8. The van der Waals surface area contributed by atoms with Crippen molar-refractivity contribution in [3.05, 3.63) is 21.7 Å². The summed E-state index contributed by atoms with van der Waals surface area (Å²) in [5.74, 6) is 0.650. The first-order valence-corrected chi connectivity index (χ1v) is 5.64. The van der Waals surface area contributed by atoms with Crippen molar-refractivity contribution < 1.29 is 9.84 Å². The highest BCUT2D eigenvalue weighted by Crippen LogP contribution is 2.51. The minimum atomic E-state index is -0.356. The zero-order valence-corrected chi connectivity index (χ0v) is 10.4. The zero-order chi connectivity index (χ0) is 11.2. The van der Waals surface area contributed by atoms with E-state index < -0.39 is 0 Å². The van der Waals surface area contributed by atoms with Crippen molar-refractivity contribution in [2.75, 3.05) is 7.11 Å². The molecule has 0 amide bonds. The van der Waals surface area contributed by atoms with E-state index in [-0.39, 0.29) is 11.3 Å². The van der Waals surface area contributed by atoms with Gasteiger partial charge < -0.3 is 15.6 Å². The Labute approximate surface area is 97.4 Å². The van der Waals surface area contributed by atoms with Gasteiger partial charge in [-0.2, -0.15) is 0 Å². The lowest BCUT2D eigenvalue weighted by molar-refractivity contribution is 0.367. The summed E-state index contributed by atoms with van der Waals surface area (Å²) in [5.41, 5.74) is 7.58. The summed E-state index contributed by atoms with van der Waals surface area (Å²) in [6, 6.07) is 1.76. The number of rotatable bonds is 2. The minimum Gasteiger partial charge on any atom is -0.504 e. The van der Waals surface area contributed by atoms with Gasteiger partial charge in [0.15, 0.2) is 11.5 Å². The molecule has 1 fully saturated rings. The molecular weight excluding hydrogens is 258 g/mol. The van der Waals surface area contributed by atoms with Gasteiger partial charge in [0.2, 0.25) is 0 Å². The highest BCUT2D eigenvalue weighted by Gasteiger charge is 2.44. The van der Waals surface area contributed by atoms with E-state index in [1.165, 1.54) is 7.11 Å². The van der Waals surface area contributed by atoms with Crippen LogP contribution in [0.3, 0.4) is 0 Å². The van der Waals surface area contributed by atoms with E-state index in [4.69, 9.17) is 10.5 Å². The lowest BCUT2D eigenvalue weighted by Crippen LogP contribution is -2.20. The number of benzene rings is 1. The summed E-state index contributed by atoms with van der Waals surface area (Å²) in [4.78, 5) is 0. The molecule has 0 bridgehead atoms. The second-order valence-corrected chi connectivity index (χ2v) is 4.92. The molecule has 0 aliphatic heterocycles. The van der Waals surface area contributed by atoms with Gasteiger partial charge in [-0.25, -0.2) is 0 Å². The first-order chi connectivity index (χ1) is 6.99. The topological polar surface area (TPSA) is 55.5 Å². The van der Waals surface area contributed by atoms with Gasteiger partial charge in [0.05, 0.1) is 7.11 Å². The molecule has 0 unspecified atom stereocenters. The largest absolute Gasteiger partial charge is 0.504 e. The van der Waals surface area contributed by atoms with Crippen molar-refractivity contribution in [2.45, 2.75) is 25.3 Å². The lowest BCUT2D eigenvalue weighted by Gasteiger charge is -2.18. The van der Waals surface area contributed by atoms with Crippen molar-refractivity contribution in [2.24, 2.45) is 5.73 Å². The average molecular weight is 272 g/mol. The molecule has 4 heteroatoms. The summed E-state index contributed by atoms with van der Waals surface area (Å²) in [5, 5.41) is 10.0. The molecule has 0 radical (unpaired) electrons. The monoisotopic (exact) mass is 271 g/mol. The summed E-state index contributed by atoms with van der Waals surface area (Å²) in [6.45, 7) is 1.95. The average Bonchev–Trinajstić information content (AvgIpc) is 2.91. The van der Waals surface area contributed by atoms with Crippen LogP contribution in [0.2, 0.25) is 0 Å². The number of ether oxygens (including phenoxy) is 1. The van der Waals surface area contributed by atoms with Gasteiger partial charge in [0.1, 0.15) is 0 Å². The summed E-state index contributed by atoms with van der Waals surface area (Å²) >= 11 is 3.45.